The molecular weight excluding hydrogens is 282 g/mol. The van der Waals surface area contributed by atoms with Gasteiger partial charge in [0, 0.05) is 10.0 Å². The molecule has 0 aliphatic rings. The van der Waals surface area contributed by atoms with Crippen molar-refractivity contribution in [2.75, 3.05) is 0 Å². The lowest BCUT2D eigenvalue weighted by Gasteiger charge is -2.04. The molecule has 2 rings (SSSR count). The molecule has 0 aliphatic heterocycles. The van der Waals surface area contributed by atoms with Crippen LogP contribution in [0.4, 0.5) is 0 Å². The highest BCUT2D eigenvalue weighted by Gasteiger charge is 2.10. The van der Waals surface area contributed by atoms with Crippen molar-refractivity contribution in [3.63, 3.8) is 0 Å². The quantitative estimate of drug-likeness (QED) is 0.852. The number of benzene rings is 1. The Bertz CT molecular complexity index is 575. The highest BCUT2D eigenvalue weighted by Crippen LogP contribution is 2.27. The van der Waals surface area contributed by atoms with Crippen LogP contribution in [0.15, 0.2) is 21.1 Å². The minimum absolute atomic E-state index is 0.140. The molecule has 0 N–H and O–H groups in total. The molecule has 0 spiro atoms. The van der Waals surface area contributed by atoms with Gasteiger partial charge in [0.25, 0.3) is 0 Å². The Balaban J connectivity index is 2.43. The third-order valence-corrected chi connectivity index (χ3v) is 3.64. The summed E-state index contributed by atoms with van der Waals surface area (Å²) in [6.07, 6.45) is 0.140. The summed E-state index contributed by atoms with van der Waals surface area (Å²) in [7, 11) is 0. The van der Waals surface area contributed by atoms with Crippen LogP contribution >= 0.6 is 15.9 Å². The second-order valence-corrected chi connectivity index (χ2v) is 4.56. The largest absolute Gasteiger partial charge is 0.338 e. The number of aromatic nitrogens is 2. The van der Waals surface area contributed by atoms with E-state index in [1.165, 1.54) is 0 Å². The first-order chi connectivity index (χ1) is 8.11. The van der Waals surface area contributed by atoms with Gasteiger partial charge in [-0.3, -0.25) is 0 Å². The van der Waals surface area contributed by atoms with Gasteiger partial charge in [-0.05, 0) is 37.1 Å². The van der Waals surface area contributed by atoms with E-state index in [9.17, 15) is 0 Å². The van der Waals surface area contributed by atoms with Crippen molar-refractivity contribution in [2.24, 2.45) is 0 Å². The second-order valence-electron chi connectivity index (χ2n) is 3.77. The van der Waals surface area contributed by atoms with Crippen molar-refractivity contribution in [2.45, 2.75) is 20.3 Å². The van der Waals surface area contributed by atoms with E-state index in [0.717, 1.165) is 21.2 Å². The van der Waals surface area contributed by atoms with Crippen LogP contribution in [0.3, 0.4) is 0 Å². The van der Waals surface area contributed by atoms with E-state index in [1.807, 2.05) is 32.0 Å². The summed E-state index contributed by atoms with van der Waals surface area (Å²) in [5, 5.41) is 12.4. The molecule has 0 unspecified atom stereocenters. The molecule has 1 aromatic carbocycles. The monoisotopic (exact) mass is 291 g/mol. The number of nitrogens with zero attached hydrogens (tertiary/aromatic N) is 3. The van der Waals surface area contributed by atoms with Crippen LogP contribution in [0.25, 0.3) is 11.4 Å². The van der Waals surface area contributed by atoms with Crippen molar-refractivity contribution >= 4 is 15.9 Å². The smallest absolute Gasteiger partial charge is 0.241 e. The van der Waals surface area contributed by atoms with E-state index >= 15 is 0 Å². The average Bonchev–Trinajstić information content (AvgIpc) is 2.74. The molecule has 0 saturated carbocycles. The zero-order valence-electron chi connectivity index (χ0n) is 9.49. The maximum atomic E-state index is 8.54. The van der Waals surface area contributed by atoms with Gasteiger partial charge in [0.1, 0.15) is 6.42 Å². The normalized spacial score (nSPS) is 10.2. The van der Waals surface area contributed by atoms with Crippen molar-refractivity contribution in [1.82, 2.24) is 10.1 Å². The standard InChI is InChI=1S/C12H10BrN3O/c1-7-5-9(6-8(2)11(7)13)12-15-10(3-4-14)17-16-12/h5-6H,3H2,1-2H3. The summed E-state index contributed by atoms with van der Waals surface area (Å²) in [6.45, 7) is 4.02. The van der Waals surface area contributed by atoms with Crippen LogP contribution < -0.4 is 0 Å². The van der Waals surface area contributed by atoms with Crippen molar-refractivity contribution in [3.8, 4) is 17.5 Å². The van der Waals surface area contributed by atoms with Crippen LogP contribution in [0.1, 0.15) is 17.0 Å². The molecule has 1 heterocycles. The van der Waals surface area contributed by atoms with Gasteiger partial charge >= 0.3 is 0 Å². The summed E-state index contributed by atoms with van der Waals surface area (Å²) in [5.74, 6) is 0.870. The van der Waals surface area contributed by atoms with Crippen LogP contribution in [0, 0.1) is 25.2 Å². The maximum absolute atomic E-state index is 8.54. The number of hydrogen-bond donors (Lipinski definition) is 0. The fourth-order valence-electron chi connectivity index (χ4n) is 1.59. The summed E-state index contributed by atoms with van der Waals surface area (Å²) in [6, 6.07) is 5.95. The topological polar surface area (TPSA) is 62.7 Å². The molecule has 1 aromatic heterocycles. The minimum atomic E-state index is 0.140. The molecule has 5 heteroatoms. The van der Waals surface area contributed by atoms with E-state index < -0.39 is 0 Å². The Kier molecular flexibility index (Phi) is 3.25. The fraction of sp³-hybridized carbons (Fsp3) is 0.250. The number of hydrogen-bond acceptors (Lipinski definition) is 4. The highest BCUT2D eigenvalue weighted by molar-refractivity contribution is 9.10. The lowest BCUT2D eigenvalue weighted by Crippen LogP contribution is -1.88. The SMILES string of the molecule is Cc1cc(-c2noc(CC#N)n2)cc(C)c1Br. The summed E-state index contributed by atoms with van der Waals surface area (Å²) in [5.41, 5.74) is 3.13. The van der Waals surface area contributed by atoms with Gasteiger partial charge in [-0.25, -0.2) is 0 Å². The first-order valence-electron chi connectivity index (χ1n) is 5.08. The molecular formula is C12H10BrN3O. The third kappa shape index (κ3) is 2.37. The summed E-state index contributed by atoms with van der Waals surface area (Å²) < 4.78 is 6.06. The molecule has 0 radical (unpaired) electrons. The molecule has 0 amide bonds. The minimum Gasteiger partial charge on any atom is -0.338 e. The van der Waals surface area contributed by atoms with E-state index in [1.54, 1.807) is 0 Å². The van der Waals surface area contributed by atoms with Gasteiger partial charge in [-0.1, -0.05) is 21.1 Å². The number of nitriles is 1. The van der Waals surface area contributed by atoms with E-state index in [-0.39, 0.29) is 6.42 Å². The molecule has 0 saturated heterocycles. The Morgan fingerprint density at radius 2 is 2.00 bits per heavy atom. The van der Waals surface area contributed by atoms with Crippen LogP contribution in [0.5, 0.6) is 0 Å². The molecule has 0 fully saturated rings. The van der Waals surface area contributed by atoms with E-state index in [2.05, 4.69) is 26.1 Å². The zero-order chi connectivity index (χ0) is 12.4. The molecule has 17 heavy (non-hydrogen) atoms. The molecule has 2 aromatic rings. The summed E-state index contributed by atoms with van der Waals surface area (Å²) >= 11 is 3.51. The van der Waals surface area contributed by atoms with Gasteiger partial charge in [-0.15, -0.1) is 0 Å². The predicted molar refractivity (Wildman–Crippen MR) is 66.2 cm³/mol. The molecule has 86 valence electrons. The predicted octanol–water partition coefficient (Wildman–Crippen LogP) is 3.18. The fourth-order valence-corrected chi connectivity index (χ4v) is 1.82. The molecule has 0 aliphatic carbocycles. The molecule has 4 nitrogen and oxygen atoms in total. The van der Waals surface area contributed by atoms with E-state index in [4.69, 9.17) is 9.78 Å². The van der Waals surface area contributed by atoms with E-state index in [0.29, 0.717) is 11.7 Å². The Morgan fingerprint density at radius 3 is 2.59 bits per heavy atom. The Morgan fingerprint density at radius 1 is 1.35 bits per heavy atom. The first-order valence-corrected chi connectivity index (χ1v) is 5.87. The van der Waals surface area contributed by atoms with Gasteiger partial charge in [-0.2, -0.15) is 10.2 Å². The molecule has 0 atom stereocenters. The third-order valence-electron chi connectivity index (χ3n) is 2.39. The molecule has 0 bridgehead atoms. The van der Waals surface area contributed by atoms with Gasteiger partial charge in [0.2, 0.25) is 11.7 Å². The summed E-state index contributed by atoms with van der Waals surface area (Å²) in [4.78, 5) is 4.17. The number of aryl methyl sites for hydroxylation is 2. The lowest BCUT2D eigenvalue weighted by molar-refractivity contribution is 0.388. The second kappa shape index (κ2) is 4.68. The Hall–Kier alpha value is -1.67. The van der Waals surface area contributed by atoms with Crippen LogP contribution in [-0.2, 0) is 6.42 Å². The highest BCUT2D eigenvalue weighted by atomic mass is 79.9. The number of halogens is 1. The van der Waals surface area contributed by atoms with Crippen molar-refractivity contribution < 1.29 is 4.52 Å². The van der Waals surface area contributed by atoms with Gasteiger partial charge in [0.05, 0.1) is 6.07 Å². The zero-order valence-corrected chi connectivity index (χ0v) is 11.1. The van der Waals surface area contributed by atoms with Crippen LogP contribution in [0.2, 0.25) is 0 Å². The van der Waals surface area contributed by atoms with Gasteiger partial charge < -0.3 is 4.52 Å². The van der Waals surface area contributed by atoms with Crippen molar-refractivity contribution in [1.29, 1.82) is 5.26 Å². The van der Waals surface area contributed by atoms with Crippen LogP contribution in [-0.4, -0.2) is 10.1 Å². The number of rotatable bonds is 2. The maximum Gasteiger partial charge on any atom is 0.241 e. The lowest BCUT2D eigenvalue weighted by atomic mass is 10.1. The van der Waals surface area contributed by atoms with Crippen molar-refractivity contribution in [3.05, 3.63) is 33.6 Å². The first kappa shape index (κ1) is 11.8. The Labute approximate surface area is 107 Å². The average molecular weight is 292 g/mol. The van der Waals surface area contributed by atoms with Gasteiger partial charge in [0.15, 0.2) is 0 Å².